The van der Waals surface area contributed by atoms with Crippen molar-refractivity contribution in [2.24, 2.45) is 0 Å². The summed E-state index contributed by atoms with van der Waals surface area (Å²) in [4.78, 5) is 14.6. The number of aromatic nitrogens is 3. The molecule has 26 heavy (non-hydrogen) atoms. The first-order valence-corrected chi connectivity index (χ1v) is 9.04. The lowest BCUT2D eigenvalue weighted by molar-refractivity contribution is 0.866. The van der Waals surface area contributed by atoms with Gasteiger partial charge < -0.3 is 15.2 Å². The second-order valence-corrected chi connectivity index (χ2v) is 6.44. The quantitative estimate of drug-likeness (QED) is 0.534. The summed E-state index contributed by atoms with van der Waals surface area (Å²) in [5.74, 6) is 0. The van der Waals surface area contributed by atoms with Crippen LogP contribution >= 0.6 is 0 Å². The van der Waals surface area contributed by atoms with Crippen molar-refractivity contribution in [2.75, 3.05) is 23.3 Å². The molecular weight excluding hydrogens is 322 g/mol. The molecule has 2 N–H and O–H groups in total. The number of pyridine rings is 1. The number of imidazole rings is 1. The highest BCUT2D eigenvalue weighted by Crippen LogP contribution is 2.32. The molecule has 4 aromatic rings. The van der Waals surface area contributed by atoms with E-state index >= 15 is 0 Å². The van der Waals surface area contributed by atoms with Gasteiger partial charge in [0.15, 0.2) is 0 Å². The Balaban J connectivity index is 1.76. The SMILES string of the molecule is CCN(CC)c1ccc(Nc2cc(C)[nH]c3ccc4ncnc4c23)cc1. The zero-order valence-corrected chi connectivity index (χ0v) is 15.4. The van der Waals surface area contributed by atoms with Gasteiger partial charge in [-0.05, 0) is 63.2 Å². The number of nitrogens with zero attached hydrogens (tertiary/aromatic N) is 3. The van der Waals surface area contributed by atoms with Crippen molar-refractivity contribution in [3.63, 3.8) is 0 Å². The van der Waals surface area contributed by atoms with Gasteiger partial charge in [0, 0.05) is 41.1 Å². The summed E-state index contributed by atoms with van der Waals surface area (Å²) < 4.78 is 0. The van der Waals surface area contributed by atoms with Gasteiger partial charge >= 0.3 is 0 Å². The summed E-state index contributed by atoms with van der Waals surface area (Å²) in [6.07, 6.45) is 1.62. The predicted molar refractivity (Wildman–Crippen MR) is 109 cm³/mol. The maximum atomic E-state index is 4.46. The smallest absolute Gasteiger partial charge is 0.116 e. The van der Waals surface area contributed by atoms with Gasteiger partial charge in [-0.25, -0.2) is 9.97 Å². The summed E-state index contributed by atoms with van der Waals surface area (Å²) in [7, 11) is 0. The standard InChI is InChI=1S/C21H23N5/c1-4-26(5-2)16-8-6-15(7-9-16)25-19-12-14(3)24-17-10-11-18-21(20(17)19)23-13-22-18/h6-13,24-25H,4-5H2,1-3H3. The van der Waals surface area contributed by atoms with Crippen LogP contribution in [-0.2, 0) is 0 Å². The van der Waals surface area contributed by atoms with Gasteiger partial charge in [0.25, 0.3) is 0 Å². The third-order valence-electron chi connectivity index (χ3n) is 4.78. The highest BCUT2D eigenvalue weighted by Gasteiger charge is 2.10. The van der Waals surface area contributed by atoms with Crippen molar-refractivity contribution < 1.29 is 0 Å². The van der Waals surface area contributed by atoms with E-state index in [-0.39, 0.29) is 0 Å². The number of fused-ring (bicyclic) bond motifs is 3. The van der Waals surface area contributed by atoms with E-state index in [9.17, 15) is 0 Å². The number of hydrogen-bond donors (Lipinski definition) is 2. The van der Waals surface area contributed by atoms with E-state index in [1.165, 1.54) is 5.69 Å². The number of H-pyrrole nitrogens is 1. The second kappa shape index (κ2) is 6.67. The van der Waals surface area contributed by atoms with Crippen LogP contribution in [0.2, 0.25) is 0 Å². The molecule has 4 rings (SSSR count). The van der Waals surface area contributed by atoms with Gasteiger partial charge in [-0.15, -0.1) is 0 Å². The van der Waals surface area contributed by atoms with Gasteiger partial charge in [0.05, 0.1) is 11.2 Å². The Hall–Kier alpha value is -3.08. The minimum atomic E-state index is 0.912. The number of benzene rings is 2. The molecule has 0 saturated heterocycles. The first-order valence-electron chi connectivity index (χ1n) is 9.04. The molecule has 5 heteroatoms. The van der Waals surface area contributed by atoms with E-state index in [4.69, 9.17) is 0 Å². The van der Waals surface area contributed by atoms with Gasteiger partial charge in [-0.1, -0.05) is 0 Å². The van der Waals surface area contributed by atoms with Crippen LogP contribution in [-0.4, -0.2) is 28.0 Å². The van der Waals surface area contributed by atoms with Crippen LogP contribution in [0, 0.1) is 6.92 Å². The van der Waals surface area contributed by atoms with Crippen molar-refractivity contribution in [1.82, 2.24) is 15.0 Å². The minimum Gasteiger partial charge on any atom is -0.372 e. The summed E-state index contributed by atoms with van der Waals surface area (Å²) in [6, 6.07) is 14.8. The Bertz CT molecular complexity index is 1050. The average molecular weight is 345 g/mol. The average Bonchev–Trinajstić information content (AvgIpc) is 3.12. The van der Waals surface area contributed by atoms with Crippen LogP contribution in [0.15, 0.2) is 48.8 Å². The molecule has 5 nitrogen and oxygen atoms in total. The van der Waals surface area contributed by atoms with Crippen molar-refractivity contribution in [3.8, 4) is 0 Å². The molecule has 0 spiro atoms. The van der Waals surface area contributed by atoms with E-state index in [1.54, 1.807) is 6.33 Å². The lowest BCUT2D eigenvalue weighted by Crippen LogP contribution is -2.21. The molecule has 0 aliphatic carbocycles. The normalized spacial score (nSPS) is 11.2. The van der Waals surface area contributed by atoms with Crippen LogP contribution in [0.25, 0.3) is 21.9 Å². The van der Waals surface area contributed by atoms with Crippen molar-refractivity contribution in [3.05, 3.63) is 54.5 Å². The molecular formula is C21H23N5. The van der Waals surface area contributed by atoms with Gasteiger partial charge in [0.2, 0.25) is 0 Å². The fourth-order valence-electron chi connectivity index (χ4n) is 3.48. The van der Waals surface area contributed by atoms with Crippen molar-refractivity contribution in [2.45, 2.75) is 20.8 Å². The Morgan fingerprint density at radius 2 is 1.77 bits per heavy atom. The summed E-state index contributed by atoms with van der Waals surface area (Å²) in [5, 5.41) is 4.63. The maximum Gasteiger partial charge on any atom is 0.116 e. The topological polar surface area (TPSA) is 56.8 Å². The highest BCUT2D eigenvalue weighted by molar-refractivity contribution is 6.10. The molecule has 0 aliphatic heterocycles. The Morgan fingerprint density at radius 1 is 1.00 bits per heavy atom. The van der Waals surface area contributed by atoms with Crippen LogP contribution in [0.4, 0.5) is 17.1 Å². The van der Waals surface area contributed by atoms with Crippen LogP contribution in [0.5, 0.6) is 0 Å². The fraction of sp³-hybridized carbons (Fsp3) is 0.238. The third-order valence-corrected chi connectivity index (χ3v) is 4.78. The van der Waals surface area contributed by atoms with E-state index < -0.39 is 0 Å². The molecule has 2 aromatic carbocycles. The monoisotopic (exact) mass is 345 g/mol. The first kappa shape index (κ1) is 16.4. The maximum absolute atomic E-state index is 4.46. The molecule has 0 aliphatic rings. The molecule has 0 unspecified atom stereocenters. The Morgan fingerprint density at radius 3 is 2.50 bits per heavy atom. The first-order chi connectivity index (χ1) is 12.7. The van der Waals surface area contributed by atoms with E-state index in [0.29, 0.717) is 0 Å². The zero-order chi connectivity index (χ0) is 18.1. The highest BCUT2D eigenvalue weighted by atomic mass is 15.1. The van der Waals surface area contributed by atoms with Gasteiger partial charge in [-0.2, -0.15) is 0 Å². The second-order valence-electron chi connectivity index (χ2n) is 6.44. The molecule has 0 atom stereocenters. The molecule has 0 fully saturated rings. The molecule has 2 heterocycles. The van der Waals surface area contributed by atoms with Crippen molar-refractivity contribution in [1.29, 1.82) is 0 Å². The minimum absolute atomic E-state index is 0.912. The third kappa shape index (κ3) is 2.86. The molecule has 0 bridgehead atoms. The Labute approximate surface area is 153 Å². The number of hydrogen-bond acceptors (Lipinski definition) is 4. The number of rotatable bonds is 5. The zero-order valence-electron chi connectivity index (χ0n) is 15.4. The number of aryl methyl sites for hydroxylation is 1. The van der Waals surface area contributed by atoms with Crippen LogP contribution in [0.3, 0.4) is 0 Å². The van der Waals surface area contributed by atoms with E-state index in [1.807, 2.05) is 6.07 Å². The Kier molecular flexibility index (Phi) is 4.21. The van der Waals surface area contributed by atoms with Gasteiger partial charge in [-0.3, -0.25) is 0 Å². The predicted octanol–water partition coefficient (Wildman–Crippen LogP) is 5.01. The number of anilines is 3. The van der Waals surface area contributed by atoms with Crippen LogP contribution < -0.4 is 10.2 Å². The largest absolute Gasteiger partial charge is 0.372 e. The fourth-order valence-corrected chi connectivity index (χ4v) is 3.48. The summed E-state index contributed by atoms with van der Waals surface area (Å²) in [6.45, 7) is 8.44. The molecule has 0 radical (unpaired) electrons. The molecule has 0 saturated carbocycles. The van der Waals surface area contributed by atoms with E-state index in [0.717, 1.165) is 52.1 Å². The lowest BCUT2D eigenvalue weighted by Gasteiger charge is -2.21. The molecule has 0 amide bonds. The van der Waals surface area contributed by atoms with Crippen molar-refractivity contribution >= 4 is 39.0 Å². The van der Waals surface area contributed by atoms with Gasteiger partial charge in [0.1, 0.15) is 11.8 Å². The summed E-state index contributed by atoms with van der Waals surface area (Å²) >= 11 is 0. The van der Waals surface area contributed by atoms with E-state index in [2.05, 4.69) is 82.3 Å². The molecule has 2 aromatic heterocycles. The number of aromatic amines is 1. The van der Waals surface area contributed by atoms with Crippen LogP contribution in [0.1, 0.15) is 19.5 Å². The summed E-state index contributed by atoms with van der Waals surface area (Å²) in [5.41, 5.74) is 7.32. The molecule has 132 valence electrons. The lowest BCUT2D eigenvalue weighted by atomic mass is 10.1. The number of nitrogens with one attached hydrogen (secondary N) is 2.